The van der Waals surface area contributed by atoms with Crippen molar-refractivity contribution >= 4 is 40.5 Å². The summed E-state index contributed by atoms with van der Waals surface area (Å²) in [6.07, 6.45) is -2.96. The number of aliphatic imine (C=N–C) groups is 1. The number of Topliss-reactive ketones (excluding diaryl/α,β-unsaturated/α-hetero) is 1. The van der Waals surface area contributed by atoms with Gasteiger partial charge >= 0.3 is 5.97 Å². The van der Waals surface area contributed by atoms with Gasteiger partial charge in [0.25, 0.3) is 0 Å². The maximum absolute atomic E-state index is 14.5. The number of hydrogen-bond donors (Lipinski definition) is 3. The molecule has 14 nitrogen and oxygen atoms in total. The van der Waals surface area contributed by atoms with E-state index in [4.69, 9.17) is 28.7 Å². The number of para-hydroxylation sites is 2. The largest absolute Gasteiger partial charge is 0.459 e. The zero-order chi connectivity index (χ0) is 41.3. The number of aromatic amines is 1. The number of aliphatic hydroxyl groups excluding tert-OH is 1. The molecule has 13 atom stereocenters. The van der Waals surface area contributed by atoms with Crippen LogP contribution < -0.4 is 0 Å². The number of rotatable bonds is 5. The second kappa shape index (κ2) is 17.6. The number of imidazole rings is 1. The molecule has 3 N–H and O–H groups in total. The molecule has 3 fully saturated rings. The molecule has 4 heterocycles. The Morgan fingerprint density at radius 3 is 2.45 bits per heavy atom. The maximum atomic E-state index is 14.5. The SMILES string of the molecule is CC[C@H]1OC(=O)[C@H](C)C(=O)[C@H](C)C(O[C@@H]2O[C@H](C)C[C@H](N(C)C)C2O)[C@@]2(C)CC(C)C(=NC(C)=O)C(C)C(OC/C(=C/c3nc4ccccc4[nH]3)CO2)[C@]1(C)O. The lowest BCUT2D eigenvalue weighted by atomic mass is 9.73. The Morgan fingerprint density at radius 2 is 1.80 bits per heavy atom. The maximum Gasteiger partial charge on any atom is 0.316 e. The Kier molecular flexibility index (Phi) is 13.8. The van der Waals surface area contributed by atoms with E-state index in [0.717, 1.165) is 11.0 Å². The zero-order valence-electron chi connectivity index (χ0n) is 34.8. The van der Waals surface area contributed by atoms with Gasteiger partial charge in [-0.1, -0.05) is 39.8 Å². The Labute approximate surface area is 330 Å². The highest BCUT2D eigenvalue weighted by Gasteiger charge is 2.53. The Hall–Kier alpha value is -3.37. The third-order valence-electron chi connectivity index (χ3n) is 11.9. The first-order valence-corrected chi connectivity index (χ1v) is 19.9. The lowest BCUT2D eigenvalue weighted by molar-refractivity contribution is -0.296. The van der Waals surface area contributed by atoms with Crippen LogP contribution in [0, 0.1) is 23.7 Å². The van der Waals surface area contributed by atoms with Crippen LogP contribution in [0.15, 0.2) is 34.8 Å². The number of ether oxygens (including phenoxy) is 5. The van der Waals surface area contributed by atoms with Crippen LogP contribution in [0.1, 0.15) is 87.4 Å². The number of H-pyrrole nitrogens is 1. The van der Waals surface area contributed by atoms with Crippen molar-refractivity contribution in [1.82, 2.24) is 14.9 Å². The molecule has 5 unspecified atom stereocenters. The average molecular weight is 783 g/mol. The summed E-state index contributed by atoms with van der Waals surface area (Å²) in [7, 11) is 3.76. The molecule has 14 heteroatoms. The highest BCUT2D eigenvalue weighted by molar-refractivity contribution is 6.00. The summed E-state index contributed by atoms with van der Waals surface area (Å²) in [6, 6.07) is 7.35. The number of amides is 1. The van der Waals surface area contributed by atoms with Gasteiger partial charge in [0.15, 0.2) is 12.1 Å². The number of carbonyl (C=O) groups excluding carboxylic acids is 3. The summed E-state index contributed by atoms with van der Waals surface area (Å²) < 4.78 is 32.7. The van der Waals surface area contributed by atoms with Gasteiger partial charge in [-0.2, -0.15) is 0 Å². The summed E-state index contributed by atoms with van der Waals surface area (Å²) in [4.78, 5) is 55.7. The number of likely N-dealkylation sites (N-methyl/N-ethyl adjacent to an activating group) is 1. The van der Waals surface area contributed by atoms with Gasteiger partial charge in [-0.3, -0.25) is 14.4 Å². The number of nitrogens with zero attached hydrogens (tertiary/aromatic N) is 3. The number of benzene rings is 1. The predicted molar refractivity (Wildman–Crippen MR) is 211 cm³/mol. The molecule has 0 saturated carbocycles. The first-order chi connectivity index (χ1) is 26.3. The van der Waals surface area contributed by atoms with Crippen molar-refractivity contribution < 1.29 is 48.3 Å². The van der Waals surface area contributed by atoms with E-state index < -0.39 is 83.2 Å². The van der Waals surface area contributed by atoms with Crippen molar-refractivity contribution in [3.63, 3.8) is 0 Å². The van der Waals surface area contributed by atoms with Gasteiger partial charge < -0.3 is 43.8 Å². The van der Waals surface area contributed by atoms with Crippen molar-refractivity contribution in [2.75, 3.05) is 27.3 Å². The van der Waals surface area contributed by atoms with E-state index in [1.54, 1.807) is 20.8 Å². The number of carbonyl (C=O) groups is 3. The Morgan fingerprint density at radius 1 is 1.11 bits per heavy atom. The van der Waals surface area contributed by atoms with Crippen molar-refractivity contribution in [2.45, 2.75) is 136 Å². The number of esters is 1. The fourth-order valence-corrected chi connectivity index (χ4v) is 8.89. The highest BCUT2D eigenvalue weighted by Crippen LogP contribution is 2.40. The number of aromatic nitrogens is 2. The minimum absolute atomic E-state index is 0.0174. The van der Waals surface area contributed by atoms with Gasteiger partial charge in [0.2, 0.25) is 5.91 Å². The van der Waals surface area contributed by atoms with Crippen LogP contribution in [0.3, 0.4) is 0 Å². The van der Waals surface area contributed by atoms with E-state index in [1.165, 1.54) is 13.8 Å². The molecule has 3 saturated heterocycles. The summed E-state index contributed by atoms with van der Waals surface area (Å²) in [5.41, 5.74) is -0.437. The monoisotopic (exact) mass is 782 g/mol. The summed E-state index contributed by atoms with van der Waals surface area (Å²) in [5.74, 6) is -4.54. The number of fused-ring (bicyclic) bond motifs is 6. The van der Waals surface area contributed by atoms with Gasteiger partial charge in [-0.05, 0) is 90.8 Å². The van der Waals surface area contributed by atoms with Crippen LogP contribution in [-0.2, 0) is 38.1 Å². The predicted octanol–water partition coefficient (Wildman–Crippen LogP) is 4.51. The molecule has 1 amide bonds. The smallest absolute Gasteiger partial charge is 0.316 e. The van der Waals surface area contributed by atoms with E-state index in [1.807, 2.05) is 77.0 Å². The van der Waals surface area contributed by atoms with E-state index in [0.29, 0.717) is 23.5 Å². The van der Waals surface area contributed by atoms with Gasteiger partial charge in [0.05, 0.1) is 48.2 Å². The van der Waals surface area contributed by atoms with Crippen LogP contribution in [0.4, 0.5) is 0 Å². The second-order valence-electron chi connectivity index (χ2n) is 16.8. The Bertz CT molecular complexity index is 1760. The lowest BCUT2D eigenvalue weighted by Crippen LogP contribution is -2.60. The molecule has 0 spiro atoms. The molecule has 3 aliphatic rings. The first kappa shape index (κ1) is 43.7. The van der Waals surface area contributed by atoms with Crippen LogP contribution in [-0.4, -0.2) is 130 Å². The molecule has 1 aromatic heterocycles. The minimum atomic E-state index is -1.80. The molecule has 2 bridgehead atoms. The molecular formula is C42H62N4O10. The first-order valence-electron chi connectivity index (χ1n) is 19.9. The van der Waals surface area contributed by atoms with Gasteiger partial charge in [0, 0.05) is 30.5 Å². The zero-order valence-corrected chi connectivity index (χ0v) is 34.8. The minimum Gasteiger partial charge on any atom is -0.459 e. The standard InChI is InChI=1S/C42H62N4O10/c1-12-32-42(9,51)38-24(4)34(43-27(7)47)22(2)19-41(8,53-21-28(20-52-38)18-33-44-29-15-13-14-16-30(29)45-33)37(25(5)35(48)26(6)39(50)55-32)56-40-36(49)31(46(10)11)17-23(3)54-40/h13-16,18,22-26,31-32,36-38,40,49,51H,12,17,19-21H2,1-11H3,(H,44,45)/b28-18-,43-34?/t22?,23-,24?,25+,26-,31+,32-,36?,37?,38?,40+,41-,42-/m1/s1. The van der Waals surface area contributed by atoms with E-state index in [-0.39, 0.29) is 38.2 Å². The quantitative estimate of drug-likeness (QED) is 0.286. The van der Waals surface area contributed by atoms with Crippen LogP contribution >= 0.6 is 0 Å². The summed E-state index contributed by atoms with van der Waals surface area (Å²) in [6.45, 7) is 15.3. The molecule has 0 aliphatic carbocycles. The van der Waals surface area contributed by atoms with E-state index in [2.05, 4.69) is 9.98 Å². The topological polar surface area (TPSA) is 182 Å². The molecule has 0 radical (unpaired) electrons. The molecule has 310 valence electrons. The number of nitrogens with one attached hydrogen (secondary N) is 1. The number of aliphatic hydroxyl groups is 2. The van der Waals surface area contributed by atoms with Crippen molar-refractivity contribution in [3.8, 4) is 0 Å². The molecule has 1 aromatic carbocycles. The second-order valence-corrected chi connectivity index (χ2v) is 16.8. The van der Waals surface area contributed by atoms with Gasteiger partial charge in [0.1, 0.15) is 29.6 Å². The molecule has 5 rings (SSSR count). The highest BCUT2D eigenvalue weighted by atomic mass is 16.7. The van der Waals surface area contributed by atoms with Crippen LogP contribution in [0.25, 0.3) is 17.1 Å². The molecule has 3 aliphatic heterocycles. The van der Waals surface area contributed by atoms with Gasteiger partial charge in [-0.15, -0.1) is 0 Å². The average Bonchev–Trinajstić information content (AvgIpc) is 3.54. The normalized spacial score (nSPS) is 39.6. The van der Waals surface area contributed by atoms with Crippen LogP contribution in [0.5, 0.6) is 0 Å². The van der Waals surface area contributed by atoms with Crippen LogP contribution in [0.2, 0.25) is 0 Å². The molecule has 2 aromatic rings. The molecule has 56 heavy (non-hydrogen) atoms. The summed E-state index contributed by atoms with van der Waals surface area (Å²) >= 11 is 0. The summed E-state index contributed by atoms with van der Waals surface area (Å²) in [5, 5.41) is 24.1. The van der Waals surface area contributed by atoms with E-state index >= 15 is 0 Å². The Balaban J connectivity index is 1.74. The van der Waals surface area contributed by atoms with Crippen molar-refractivity contribution in [2.24, 2.45) is 28.7 Å². The fourth-order valence-electron chi connectivity index (χ4n) is 8.89. The number of ketones is 1. The van der Waals surface area contributed by atoms with E-state index in [9.17, 15) is 24.6 Å². The van der Waals surface area contributed by atoms with Crippen molar-refractivity contribution in [3.05, 3.63) is 35.7 Å². The third kappa shape index (κ3) is 9.33. The lowest BCUT2D eigenvalue weighted by Gasteiger charge is -2.47. The third-order valence-corrected chi connectivity index (χ3v) is 11.9. The number of cyclic esters (lactones) is 1. The van der Waals surface area contributed by atoms with Gasteiger partial charge in [-0.25, -0.2) is 9.98 Å². The fraction of sp³-hybridized carbons (Fsp3) is 0.690. The molecular weight excluding hydrogens is 720 g/mol. The van der Waals surface area contributed by atoms with Crippen molar-refractivity contribution in [1.29, 1.82) is 0 Å². The number of hydrogen-bond acceptors (Lipinski definition) is 12.